The molecule has 2 unspecified atom stereocenters. The van der Waals surface area contributed by atoms with Gasteiger partial charge in [-0.2, -0.15) is 0 Å². The minimum Gasteiger partial charge on any atom is -0.481 e. The van der Waals surface area contributed by atoms with Crippen molar-refractivity contribution >= 4 is 11.9 Å². The Balaban J connectivity index is 2.53. The van der Waals surface area contributed by atoms with Crippen LogP contribution in [0, 0.1) is 11.8 Å². The van der Waals surface area contributed by atoms with E-state index < -0.39 is 12.1 Å². The van der Waals surface area contributed by atoms with E-state index in [2.05, 4.69) is 25.2 Å². The van der Waals surface area contributed by atoms with Crippen LogP contribution in [0.25, 0.3) is 0 Å². The predicted octanol–water partition coefficient (Wildman–Crippen LogP) is 5.98. The number of aliphatic hydroxyl groups excluding tert-OH is 1. The van der Waals surface area contributed by atoms with Crippen molar-refractivity contribution in [2.75, 3.05) is 0 Å². The highest BCUT2D eigenvalue weighted by Gasteiger charge is 2.30. The summed E-state index contributed by atoms with van der Waals surface area (Å²) in [6.07, 6.45) is 22.3. The molecule has 0 aromatic carbocycles. The average Bonchev–Trinajstić information content (AvgIpc) is 2.73. The molecular weight excluding hydrogens is 392 g/mol. The number of carboxylic acids is 1. The summed E-state index contributed by atoms with van der Waals surface area (Å²) in [6.45, 7) is 3.62. The van der Waals surface area contributed by atoms with Crippen LogP contribution in [0.4, 0.5) is 0 Å². The lowest BCUT2D eigenvalue weighted by Crippen LogP contribution is -2.32. The molecule has 0 radical (unpaired) electrons. The molecule has 0 fully saturated rings. The van der Waals surface area contributed by atoms with Gasteiger partial charge in [0, 0.05) is 19.3 Å². The van der Waals surface area contributed by atoms with E-state index in [0.29, 0.717) is 12.8 Å². The maximum atomic E-state index is 11.6. The number of aliphatic carboxylic acids is 1. The van der Waals surface area contributed by atoms with Gasteiger partial charge in [0.05, 0.1) is 6.10 Å². The van der Waals surface area contributed by atoms with Gasteiger partial charge >= 0.3 is 11.9 Å². The molecule has 4 atom stereocenters. The van der Waals surface area contributed by atoms with Crippen molar-refractivity contribution < 1.29 is 24.5 Å². The van der Waals surface area contributed by atoms with Crippen molar-refractivity contribution in [3.8, 4) is 0 Å². The fourth-order valence-corrected chi connectivity index (χ4v) is 4.16. The normalized spacial score (nSPS) is 20.9. The molecule has 0 aliphatic heterocycles. The Morgan fingerprint density at radius 3 is 2.45 bits per heavy atom. The number of hydrogen-bond donors (Lipinski definition) is 2. The number of ether oxygens (including phenoxy) is 1. The molecule has 0 amide bonds. The molecule has 0 aromatic heterocycles. The standard InChI is InChI=1S/C26H42O5/c1-3-4-5-6-7-8-16-23(28)17-11-9-14-22-15-10-12-18-24(22)25(31-21(2)27)19-13-20-26(29)30/h9-12,14,17,22-25,28H,3-8,13,15-16,18-20H2,1-2H3,(H,29,30)/b14-9+,17-11+/t22-,23?,24+,25?/m1/s1. The fraction of sp³-hybridized carbons (Fsp3) is 0.692. The number of carbonyl (C=O) groups excluding carboxylic acids is 1. The van der Waals surface area contributed by atoms with Gasteiger partial charge in [0.15, 0.2) is 0 Å². The van der Waals surface area contributed by atoms with Crippen molar-refractivity contribution in [3.63, 3.8) is 0 Å². The van der Waals surface area contributed by atoms with Gasteiger partial charge < -0.3 is 14.9 Å². The van der Waals surface area contributed by atoms with Crippen LogP contribution in [0.3, 0.4) is 0 Å². The van der Waals surface area contributed by atoms with Crippen molar-refractivity contribution in [1.82, 2.24) is 0 Å². The van der Waals surface area contributed by atoms with E-state index in [4.69, 9.17) is 9.84 Å². The van der Waals surface area contributed by atoms with Crippen LogP contribution in [0.5, 0.6) is 0 Å². The van der Waals surface area contributed by atoms with Gasteiger partial charge in [0.1, 0.15) is 6.10 Å². The first-order valence-electron chi connectivity index (χ1n) is 12.0. The summed E-state index contributed by atoms with van der Waals surface area (Å²) < 4.78 is 5.57. The van der Waals surface area contributed by atoms with Crippen LogP contribution in [0.15, 0.2) is 36.5 Å². The maximum absolute atomic E-state index is 11.6. The first kappa shape index (κ1) is 27.2. The van der Waals surface area contributed by atoms with Gasteiger partial charge in [-0.15, -0.1) is 0 Å². The van der Waals surface area contributed by atoms with E-state index in [1.54, 1.807) is 0 Å². The summed E-state index contributed by atoms with van der Waals surface area (Å²) >= 11 is 0. The highest BCUT2D eigenvalue weighted by atomic mass is 16.5. The monoisotopic (exact) mass is 434 g/mol. The zero-order valence-corrected chi connectivity index (χ0v) is 19.4. The predicted molar refractivity (Wildman–Crippen MR) is 125 cm³/mol. The molecule has 0 saturated heterocycles. The Hall–Kier alpha value is -1.88. The molecule has 2 N–H and O–H groups in total. The second-order valence-electron chi connectivity index (χ2n) is 8.60. The van der Waals surface area contributed by atoms with Crippen LogP contribution in [0.1, 0.15) is 90.9 Å². The third-order valence-corrected chi connectivity index (χ3v) is 5.86. The number of aliphatic hydroxyl groups is 1. The third kappa shape index (κ3) is 13.2. The second kappa shape index (κ2) is 16.8. The summed E-state index contributed by atoms with van der Waals surface area (Å²) in [4.78, 5) is 22.4. The van der Waals surface area contributed by atoms with Crippen LogP contribution in [-0.4, -0.2) is 34.4 Å². The molecule has 1 rings (SSSR count). The zero-order chi connectivity index (χ0) is 22.9. The Kier molecular flexibility index (Phi) is 14.7. The molecule has 176 valence electrons. The van der Waals surface area contributed by atoms with Crippen LogP contribution >= 0.6 is 0 Å². The van der Waals surface area contributed by atoms with Gasteiger partial charge in [0.25, 0.3) is 0 Å². The van der Waals surface area contributed by atoms with Crippen molar-refractivity contribution in [3.05, 3.63) is 36.5 Å². The number of unbranched alkanes of at least 4 members (excludes halogenated alkanes) is 5. The van der Waals surface area contributed by atoms with E-state index >= 15 is 0 Å². The van der Waals surface area contributed by atoms with E-state index in [-0.39, 0.29) is 30.3 Å². The number of hydrogen-bond acceptors (Lipinski definition) is 4. The van der Waals surface area contributed by atoms with E-state index in [9.17, 15) is 14.7 Å². The van der Waals surface area contributed by atoms with Crippen molar-refractivity contribution in [1.29, 1.82) is 0 Å². The van der Waals surface area contributed by atoms with Crippen LogP contribution < -0.4 is 0 Å². The van der Waals surface area contributed by atoms with Crippen molar-refractivity contribution in [2.45, 2.75) is 103 Å². The van der Waals surface area contributed by atoms with E-state index in [1.807, 2.05) is 18.2 Å². The first-order chi connectivity index (χ1) is 14.9. The lowest BCUT2D eigenvalue weighted by Gasteiger charge is -2.33. The second-order valence-corrected chi connectivity index (χ2v) is 8.60. The van der Waals surface area contributed by atoms with Crippen molar-refractivity contribution in [2.24, 2.45) is 11.8 Å². The molecule has 1 aliphatic carbocycles. The molecule has 0 aromatic rings. The molecular formula is C26H42O5. The summed E-state index contributed by atoms with van der Waals surface area (Å²) in [6, 6.07) is 0. The largest absolute Gasteiger partial charge is 0.481 e. The molecule has 0 heterocycles. The fourth-order valence-electron chi connectivity index (χ4n) is 4.16. The minimum atomic E-state index is -0.828. The molecule has 5 heteroatoms. The summed E-state index contributed by atoms with van der Waals surface area (Å²) in [5, 5.41) is 19.0. The topological polar surface area (TPSA) is 83.8 Å². The Bertz CT molecular complexity index is 593. The lowest BCUT2D eigenvalue weighted by atomic mass is 9.78. The first-order valence-corrected chi connectivity index (χ1v) is 12.0. The SMILES string of the molecule is CCCCCCCCC(O)/C=C/C=C/[C@@H]1CC=CC[C@@H]1C(CCCC(=O)O)OC(C)=O. The molecule has 31 heavy (non-hydrogen) atoms. The van der Waals surface area contributed by atoms with Gasteiger partial charge in [-0.05, 0) is 38.0 Å². The quantitative estimate of drug-likeness (QED) is 0.135. The molecule has 0 saturated carbocycles. The molecule has 1 aliphatic rings. The average molecular weight is 435 g/mol. The van der Waals surface area contributed by atoms with Crippen LogP contribution in [-0.2, 0) is 14.3 Å². The number of rotatable bonds is 16. The smallest absolute Gasteiger partial charge is 0.303 e. The highest BCUT2D eigenvalue weighted by Crippen LogP contribution is 2.33. The molecule has 0 spiro atoms. The minimum absolute atomic E-state index is 0.0834. The third-order valence-electron chi connectivity index (χ3n) is 5.86. The summed E-state index contributed by atoms with van der Waals surface area (Å²) in [7, 11) is 0. The summed E-state index contributed by atoms with van der Waals surface area (Å²) in [5.74, 6) is -0.790. The van der Waals surface area contributed by atoms with E-state index in [1.165, 1.54) is 39.0 Å². The van der Waals surface area contributed by atoms with E-state index in [0.717, 1.165) is 25.7 Å². The Morgan fingerprint density at radius 1 is 1.03 bits per heavy atom. The zero-order valence-electron chi connectivity index (χ0n) is 19.4. The number of carboxylic acid groups (broad SMARTS) is 1. The van der Waals surface area contributed by atoms with Gasteiger partial charge in [0.2, 0.25) is 0 Å². The summed E-state index contributed by atoms with van der Waals surface area (Å²) in [5.41, 5.74) is 0. The number of carbonyl (C=O) groups is 2. The number of esters is 1. The Morgan fingerprint density at radius 2 is 1.74 bits per heavy atom. The molecule has 5 nitrogen and oxygen atoms in total. The highest BCUT2D eigenvalue weighted by molar-refractivity contribution is 5.67. The molecule has 0 bridgehead atoms. The number of allylic oxidation sites excluding steroid dienone is 5. The van der Waals surface area contributed by atoms with Gasteiger partial charge in [-0.1, -0.05) is 81.9 Å². The van der Waals surface area contributed by atoms with Gasteiger partial charge in [-0.3, -0.25) is 9.59 Å². The lowest BCUT2D eigenvalue weighted by molar-refractivity contribution is -0.150. The van der Waals surface area contributed by atoms with Gasteiger partial charge in [-0.25, -0.2) is 0 Å². The van der Waals surface area contributed by atoms with Crippen LogP contribution in [0.2, 0.25) is 0 Å². The Labute approximate surface area is 188 Å². The maximum Gasteiger partial charge on any atom is 0.303 e.